The van der Waals surface area contributed by atoms with Gasteiger partial charge < -0.3 is 0 Å². The molecule has 2 aromatic heterocycles. The van der Waals surface area contributed by atoms with Gasteiger partial charge in [-0.15, -0.1) is 22.7 Å². The summed E-state index contributed by atoms with van der Waals surface area (Å²) in [6.07, 6.45) is 3.64. The third kappa shape index (κ3) is 3.52. The average molecular weight is 413 g/mol. The molecule has 2 aromatic carbocycles. The summed E-state index contributed by atoms with van der Waals surface area (Å²) in [5.74, 6) is 0. The highest BCUT2D eigenvalue weighted by atomic mass is 32.1. The Kier molecular flexibility index (Phi) is 4.99. The van der Waals surface area contributed by atoms with E-state index >= 15 is 0 Å². The van der Waals surface area contributed by atoms with Gasteiger partial charge in [0.25, 0.3) is 0 Å². The molecule has 0 nitrogen and oxygen atoms in total. The van der Waals surface area contributed by atoms with E-state index in [4.69, 9.17) is 0 Å². The normalized spacial score (nSPS) is 14.0. The molecular formula is C27H24S2. The van der Waals surface area contributed by atoms with Crippen LogP contribution in [0.4, 0.5) is 0 Å². The maximum atomic E-state index is 2.43. The van der Waals surface area contributed by atoms with Crippen LogP contribution in [0.15, 0.2) is 72.8 Å². The van der Waals surface area contributed by atoms with Crippen molar-refractivity contribution in [3.63, 3.8) is 0 Å². The first-order valence-corrected chi connectivity index (χ1v) is 11.9. The molecule has 1 aliphatic carbocycles. The first kappa shape index (κ1) is 18.6. The molecule has 2 heterocycles. The molecule has 2 heteroatoms. The van der Waals surface area contributed by atoms with E-state index in [1.807, 2.05) is 22.7 Å². The lowest BCUT2D eigenvalue weighted by Gasteiger charge is -2.07. The monoisotopic (exact) mass is 412 g/mol. The van der Waals surface area contributed by atoms with Crippen LogP contribution >= 0.6 is 22.7 Å². The second kappa shape index (κ2) is 7.78. The van der Waals surface area contributed by atoms with Crippen LogP contribution in [0.1, 0.15) is 40.1 Å². The summed E-state index contributed by atoms with van der Waals surface area (Å²) in [5.41, 5.74) is 8.72. The van der Waals surface area contributed by atoms with Crippen molar-refractivity contribution in [1.29, 1.82) is 0 Å². The predicted octanol–water partition coefficient (Wildman–Crippen LogP) is 8.86. The Balaban J connectivity index is 1.58. The van der Waals surface area contributed by atoms with Gasteiger partial charge >= 0.3 is 0 Å². The third-order valence-corrected chi connectivity index (χ3v) is 8.02. The average Bonchev–Trinajstić information content (AvgIpc) is 3.47. The van der Waals surface area contributed by atoms with E-state index in [9.17, 15) is 0 Å². The van der Waals surface area contributed by atoms with Gasteiger partial charge in [-0.25, -0.2) is 0 Å². The van der Waals surface area contributed by atoms with Gasteiger partial charge in [-0.05, 0) is 78.6 Å². The van der Waals surface area contributed by atoms with E-state index in [1.165, 1.54) is 61.0 Å². The molecule has 0 radical (unpaired) electrons. The fourth-order valence-corrected chi connectivity index (χ4v) is 6.50. The second-order valence-corrected chi connectivity index (χ2v) is 10.2. The van der Waals surface area contributed by atoms with Crippen molar-refractivity contribution in [1.82, 2.24) is 0 Å². The van der Waals surface area contributed by atoms with Crippen LogP contribution in [0.3, 0.4) is 0 Å². The smallest absolute Gasteiger partial charge is 0.0351 e. The van der Waals surface area contributed by atoms with Gasteiger partial charge in [0.05, 0.1) is 0 Å². The predicted molar refractivity (Wildman–Crippen MR) is 130 cm³/mol. The van der Waals surface area contributed by atoms with Crippen LogP contribution in [0.2, 0.25) is 0 Å². The van der Waals surface area contributed by atoms with Crippen molar-refractivity contribution in [2.24, 2.45) is 0 Å². The maximum absolute atomic E-state index is 2.43. The molecule has 29 heavy (non-hydrogen) atoms. The first-order valence-electron chi connectivity index (χ1n) is 10.2. The van der Waals surface area contributed by atoms with Crippen LogP contribution in [-0.4, -0.2) is 0 Å². The Hall–Kier alpha value is -2.42. The van der Waals surface area contributed by atoms with E-state index in [0.717, 1.165) is 0 Å². The highest BCUT2D eigenvalue weighted by Crippen LogP contribution is 2.47. The maximum Gasteiger partial charge on any atom is 0.0351 e. The Bertz CT molecular complexity index is 1080. The van der Waals surface area contributed by atoms with Crippen LogP contribution in [0, 0.1) is 13.8 Å². The zero-order valence-electron chi connectivity index (χ0n) is 16.9. The molecule has 0 fully saturated rings. The van der Waals surface area contributed by atoms with Gasteiger partial charge in [0, 0.05) is 19.5 Å². The Morgan fingerprint density at radius 1 is 0.586 bits per heavy atom. The third-order valence-electron chi connectivity index (χ3n) is 5.82. The van der Waals surface area contributed by atoms with E-state index < -0.39 is 0 Å². The molecule has 0 atom stereocenters. The van der Waals surface area contributed by atoms with E-state index in [-0.39, 0.29) is 0 Å². The number of thiophene rings is 2. The van der Waals surface area contributed by atoms with E-state index in [0.29, 0.717) is 0 Å². The highest BCUT2D eigenvalue weighted by Gasteiger charge is 2.23. The summed E-state index contributed by atoms with van der Waals surface area (Å²) in [6.45, 7) is 4.57. The lowest BCUT2D eigenvalue weighted by atomic mass is 9.96. The molecule has 0 aliphatic heterocycles. The first-order chi connectivity index (χ1) is 14.2. The number of hydrogen-bond donors (Lipinski definition) is 0. The summed E-state index contributed by atoms with van der Waals surface area (Å²) >= 11 is 3.85. The molecule has 0 saturated carbocycles. The summed E-state index contributed by atoms with van der Waals surface area (Å²) < 4.78 is 0. The Morgan fingerprint density at radius 3 is 1.41 bits per heavy atom. The fourth-order valence-electron chi connectivity index (χ4n) is 4.39. The van der Waals surface area contributed by atoms with Crippen molar-refractivity contribution in [3.05, 3.63) is 93.7 Å². The van der Waals surface area contributed by atoms with Gasteiger partial charge in [-0.2, -0.15) is 0 Å². The molecule has 0 bridgehead atoms. The molecular weight excluding hydrogens is 388 g/mol. The van der Waals surface area contributed by atoms with Crippen LogP contribution in [-0.2, 0) is 0 Å². The Morgan fingerprint density at radius 2 is 1.00 bits per heavy atom. The number of hydrogen-bond acceptors (Lipinski definition) is 2. The van der Waals surface area contributed by atoms with Gasteiger partial charge in [-0.3, -0.25) is 0 Å². The zero-order valence-corrected chi connectivity index (χ0v) is 18.5. The quantitative estimate of drug-likeness (QED) is 0.314. The van der Waals surface area contributed by atoms with E-state index in [1.54, 1.807) is 11.1 Å². The molecule has 0 unspecified atom stereocenters. The Labute approximate surface area is 181 Å². The molecule has 0 saturated heterocycles. The van der Waals surface area contributed by atoms with Crippen LogP contribution in [0.5, 0.6) is 0 Å². The minimum absolute atomic E-state index is 1.19. The second-order valence-electron chi connectivity index (χ2n) is 7.70. The number of rotatable bonds is 4. The lowest BCUT2D eigenvalue weighted by Crippen LogP contribution is -1.86. The molecule has 4 aromatic rings. The fraction of sp³-hybridized carbons (Fsp3) is 0.185. The minimum atomic E-state index is 1.19. The van der Waals surface area contributed by atoms with Crippen molar-refractivity contribution in [3.8, 4) is 20.9 Å². The molecule has 144 valence electrons. The van der Waals surface area contributed by atoms with Gasteiger partial charge in [0.2, 0.25) is 0 Å². The molecule has 0 amide bonds. The number of aryl methyl sites for hydroxylation is 2. The van der Waals surface area contributed by atoms with Gasteiger partial charge in [0.15, 0.2) is 0 Å². The van der Waals surface area contributed by atoms with Crippen molar-refractivity contribution < 1.29 is 0 Å². The summed E-state index contributed by atoms with van der Waals surface area (Å²) in [7, 11) is 0. The highest BCUT2D eigenvalue weighted by molar-refractivity contribution is 7.16. The molecule has 0 N–H and O–H groups in total. The zero-order chi connectivity index (χ0) is 19.8. The summed E-state index contributed by atoms with van der Waals surface area (Å²) in [5, 5.41) is 0. The topological polar surface area (TPSA) is 0 Å². The standard InChI is InChI=1S/C27H24S2/c1-18-24(16-26(28-18)20-10-5-3-6-11-20)22-14-9-15-23(22)25-17-27(29-19(25)2)21-12-7-4-8-13-21/h3-8,10-13,16-17H,9,14-15H2,1-2H3. The summed E-state index contributed by atoms with van der Waals surface area (Å²) in [6, 6.07) is 26.4. The van der Waals surface area contributed by atoms with Gasteiger partial charge in [-0.1, -0.05) is 60.7 Å². The van der Waals surface area contributed by atoms with Crippen molar-refractivity contribution in [2.75, 3.05) is 0 Å². The van der Waals surface area contributed by atoms with Gasteiger partial charge in [0.1, 0.15) is 0 Å². The molecule has 5 rings (SSSR count). The van der Waals surface area contributed by atoms with Crippen molar-refractivity contribution in [2.45, 2.75) is 33.1 Å². The van der Waals surface area contributed by atoms with Crippen LogP contribution in [0.25, 0.3) is 32.0 Å². The minimum Gasteiger partial charge on any atom is -0.140 e. The lowest BCUT2D eigenvalue weighted by molar-refractivity contribution is 0.941. The molecule has 1 aliphatic rings. The van der Waals surface area contributed by atoms with Crippen LogP contribution < -0.4 is 0 Å². The van der Waals surface area contributed by atoms with Crippen molar-refractivity contribution >= 4 is 33.8 Å². The number of benzene rings is 2. The number of allylic oxidation sites excluding steroid dienone is 2. The largest absolute Gasteiger partial charge is 0.140 e. The summed E-state index contributed by atoms with van der Waals surface area (Å²) in [4.78, 5) is 5.64. The SMILES string of the molecule is Cc1sc(-c2ccccc2)cc1C1=C(c2cc(-c3ccccc3)sc2C)CCC1. The molecule has 0 spiro atoms. The van der Waals surface area contributed by atoms with E-state index in [2.05, 4.69) is 86.6 Å².